The van der Waals surface area contributed by atoms with Gasteiger partial charge in [0.2, 0.25) is 0 Å². The zero-order chi connectivity index (χ0) is 18.0. The van der Waals surface area contributed by atoms with E-state index in [1.54, 1.807) is 19.2 Å². The molecule has 0 saturated carbocycles. The number of nitrogens with two attached hydrogens (primary N) is 1. The lowest BCUT2D eigenvalue weighted by Gasteiger charge is -2.14. The third kappa shape index (κ3) is 3.98. The summed E-state index contributed by atoms with van der Waals surface area (Å²) in [6.45, 7) is 2.68. The Labute approximate surface area is 155 Å². The number of ether oxygens (including phenoxy) is 1. The van der Waals surface area contributed by atoms with Crippen LogP contribution in [0.5, 0.6) is 5.75 Å². The van der Waals surface area contributed by atoms with Gasteiger partial charge in [-0.05, 0) is 31.2 Å². The molecular formula is C19H18Cl2NO3+. The molecule has 0 amide bonds. The first-order valence-corrected chi connectivity index (χ1v) is 8.62. The third-order valence-electron chi connectivity index (χ3n) is 4.18. The second-order valence-electron chi connectivity index (χ2n) is 5.85. The van der Waals surface area contributed by atoms with Crippen molar-refractivity contribution < 1.29 is 14.5 Å². The predicted octanol–water partition coefficient (Wildman–Crippen LogP) is 3.93. The molecule has 2 aromatic carbocycles. The molecule has 0 spiro atoms. The molecule has 0 fully saturated rings. The Morgan fingerprint density at radius 3 is 2.68 bits per heavy atom. The lowest BCUT2D eigenvalue weighted by molar-refractivity contribution is -0.707. The monoisotopic (exact) mass is 378 g/mol. The van der Waals surface area contributed by atoms with Crippen molar-refractivity contribution in [3.63, 3.8) is 0 Å². The average Bonchev–Trinajstić information content (AvgIpc) is 2.58. The van der Waals surface area contributed by atoms with E-state index in [0.717, 1.165) is 16.5 Å². The first-order valence-electron chi connectivity index (χ1n) is 7.87. The second-order valence-corrected chi connectivity index (χ2v) is 6.69. The van der Waals surface area contributed by atoms with Gasteiger partial charge in [0.25, 0.3) is 0 Å². The number of quaternary nitrogens is 1. The summed E-state index contributed by atoms with van der Waals surface area (Å²) in [5.41, 5.74) is 2.06. The van der Waals surface area contributed by atoms with Crippen molar-refractivity contribution in [3.8, 4) is 5.75 Å². The summed E-state index contributed by atoms with van der Waals surface area (Å²) in [6, 6.07) is 12.6. The molecule has 130 valence electrons. The van der Waals surface area contributed by atoms with Gasteiger partial charge in [-0.3, -0.25) is 0 Å². The number of halogens is 2. The summed E-state index contributed by atoms with van der Waals surface area (Å²) >= 11 is 12.2. The van der Waals surface area contributed by atoms with Crippen LogP contribution in [-0.4, -0.2) is 7.11 Å². The van der Waals surface area contributed by atoms with Crippen LogP contribution in [0.1, 0.15) is 24.1 Å². The van der Waals surface area contributed by atoms with E-state index < -0.39 is 0 Å². The number of hydrogen-bond acceptors (Lipinski definition) is 3. The van der Waals surface area contributed by atoms with Crippen LogP contribution in [0.2, 0.25) is 10.0 Å². The normalized spacial score (nSPS) is 12.3. The molecule has 1 aromatic heterocycles. The minimum atomic E-state index is -0.374. The first-order chi connectivity index (χ1) is 12.0. The molecule has 0 bridgehead atoms. The predicted molar refractivity (Wildman–Crippen MR) is 99.5 cm³/mol. The molecule has 1 atom stereocenters. The van der Waals surface area contributed by atoms with Crippen molar-refractivity contribution in [2.75, 3.05) is 7.11 Å². The molecule has 0 unspecified atom stereocenters. The van der Waals surface area contributed by atoms with Gasteiger partial charge in [0.05, 0.1) is 12.1 Å². The van der Waals surface area contributed by atoms with Gasteiger partial charge in [-0.2, -0.15) is 0 Å². The summed E-state index contributed by atoms with van der Waals surface area (Å²) < 4.78 is 10.5. The maximum Gasteiger partial charge on any atom is 0.336 e. The zero-order valence-corrected chi connectivity index (χ0v) is 15.4. The summed E-state index contributed by atoms with van der Waals surface area (Å²) in [4.78, 5) is 11.9. The average molecular weight is 379 g/mol. The van der Waals surface area contributed by atoms with Gasteiger partial charge in [0, 0.05) is 33.7 Å². The van der Waals surface area contributed by atoms with E-state index in [9.17, 15) is 4.79 Å². The maximum absolute atomic E-state index is 11.9. The van der Waals surface area contributed by atoms with Crippen molar-refractivity contribution >= 4 is 34.2 Å². The Bertz CT molecular complexity index is 969. The number of hydrogen-bond donors (Lipinski definition) is 1. The molecule has 4 nitrogen and oxygen atoms in total. The third-order valence-corrected chi connectivity index (χ3v) is 4.74. The van der Waals surface area contributed by atoms with E-state index >= 15 is 0 Å². The van der Waals surface area contributed by atoms with Gasteiger partial charge in [-0.15, -0.1) is 0 Å². The minimum absolute atomic E-state index is 0.116. The number of benzene rings is 2. The standard InChI is InChI=1S/C19H17Cl2NO3/c1-11(15-5-3-13(20)8-17(15)21)22-10-12-7-19(23)25-18-9-14(24-2)4-6-16(12)18/h3-9,11,22H,10H2,1-2H3/p+1/t11-/m1/s1. The molecule has 0 aliphatic rings. The number of methoxy groups -OCH3 is 1. The quantitative estimate of drug-likeness (QED) is 0.684. The van der Waals surface area contributed by atoms with Crippen LogP contribution >= 0.6 is 23.2 Å². The second kappa shape index (κ2) is 7.48. The van der Waals surface area contributed by atoms with Crippen LogP contribution in [0.15, 0.2) is 51.7 Å². The highest BCUT2D eigenvalue weighted by molar-refractivity contribution is 6.35. The Morgan fingerprint density at radius 1 is 1.16 bits per heavy atom. The molecule has 2 N–H and O–H groups in total. The Kier molecular flexibility index (Phi) is 5.33. The fraction of sp³-hybridized carbons (Fsp3) is 0.211. The molecular weight excluding hydrogens is 361 g/mol. The van der Waals surface area contributed by atoms with Gasteiger partial charge in [-0.1, -0.05) is 29.3 Å². The minimum Gasteiger partial charge on any atom is -0.497 e. The fourth-order valence-corrected chi connectivity index (χ4v) is 3.39. The van der Waals surface area contributed by atoms with Crippen LogP contribution in [0.4, 0.5) is 0 Å². The highest BCUT2D eigenvalue weighted by Crippen LogP contribution is 2.25. The van der Waals surface area contributed by atoms with Gasteiger partial charge >= 0.3 is 5.63 Å². The van der Waals surface area contributed by atoms with Crippen molar-refractivity contribution in [1.82, 2.24) is 0 Å². The number of rotatable bonds is 5. The molecule has 0 radical (unpaired) electrons. The lowest BCUT2D eigenvalue weighted by Crippen LogP contribution is -2.83. The topological polar surface area (TPSA) is 56.0 Å². The van der Waals surface area contributed by atoms with E-state index in [1.165, 1.54) is 6.07 Å². The first kappa shape index (κ1) is 17.8. The van der Waals surface area contributed by atoms with Gasteiger partial charge in [-0.25, -0.2) is 4.79 Å². The SMILES string of the molecule is COc1ccc2c(C[NH2+][C@H](C)c3ccc(Cl)cc3Cl)cc(=O)oc2c1. The van der Waals surface area contributed by atoms with E-state index in [1.807, 2.05) is 24.3 Å². The van der Waals surface area contributed by atoms with Gasteiger partial charge in [0.1, 0.15) is 23.9 Å². The maximum atomic E-state index is 11.9. The Hall–Kier alpha value is -2.01. The van der Waals surface area contributed by atoms with Crippen LogP contribution in [0.25, 0.3) is 11.0 Å². The van der Waals surface area contributed by atoms with Crippen molar-refractivity contribution in [2.24, 2.45) is 0 Å². The summed E-state index contributed by atoms with van der Waals surface area (Å²) in [5, 5.41) is 4.26. The van der Waals surface area contributed by atoms with E-state index in [4.69, 9.17) is 32.4 Å². The highest BCUT2D eigenvalue weighted by atomic mass is 35.5. The fourth-order valence-electron chi connectivity index (χ4n) is 2.81. The van der Waals surface area contributed by atoms with Crippen LogP contribution in [0, 0.1) is 0 Å². The summed E-state index contributed by atoms with van der Waals surface area (Å²) in [5.74, 6) is 0.651. The molecule has 0 saturated heterocycles. The van der Waals surface area contributed by atoms with Crippen molar-refractivity contribution in [3.05, 3.63) is 74.1 Å². The molecule has 0 aliphatic carbocycles. The summed E-state index contributed by atoms with van der Waals surface area (Å²) in [7, 11) is 1.58. The Morgan fingerprint density at radius 2 is 1.96 bits per heavy atom. The highest BCUT2D eigenvalue weighted by Gasteiger charge is 2.15. The molecule has 0 aliphatic heterocycles. The van der Waals surface area contributed by atoms with E-state index in [0.29, 0.717) is 27.9 Å². The molecule has 6 heteroatoms. The lowest BCUT2D eigenvalue weighted by atomic mass is 10.1. The van der Waals surface area contributed by atoms with Crippen molar-refractivity contribution in [2.45, 2.75) is 19.5 Å². The largest absolute Gasteiger partial charge is 0.497 e. The molecule has 1 heterocycles. The van der Waals surface area contributed by atoms with Crippen LogP contribution in [-0.2, 0) is 6.54 Å². The van der Waals surface area contributed by atoms with Gasteiger partial charge in [0.15, 0.2) is 0 Å². The van der Waals surface area contributed by atoms with E-state index in [-0.39, 0.29) is 11.7 Å². The molecule has 3 aromatic rings. The van der Waals surface area contributed by atoms with Gasteiger partial charge < -0.3 is 14.5 Å². The Balaban J connectivity index is 1.86. The smallest absolute Gasteiger partial charge is 0.336 e. The summed E-state index contributed by atoms with van der Waals surface area (Å²) in [6.07, 6.45) is 0. The van der Waals surface area contributed by atoms with Crippen molar-refractivity contribution in [1.29, 1.82) is 0 Å². The molecule has 3 rings (SSSR count). The van der Waals surface area contributed by atoms with E-state index in [2.05, 4.69) is 12.2 Å². The molecule has 25 heavy (non-hydrogen) atoms. The van der Waals surface area contributed by atoms with Crippen LogP contribution in [0.3, 0.4) is 0 Å². The van der Waals surface area contributed by atoms with Crippen LogP contribution < -0.4 is 15.7 Å². The zero-order valence-electron chi connectivity index (χ0n) is 13.9. The number of fused-ring (bicyclic) bond motifs is 1.